The second-order valence-corrected chi connectivity index (χ2v) is 9.42. The molecule has 1 heterocycles. The van der Waals surface area contributed by atoms with Crippen LogP contribution in [-0.2, 0) is 5.41 Å². The summed E-state index contributed by atoms with van der Waals surface area (Å²) in [6.45, 7) is 6.40. The lowest BCUT2D eigenvalue weighted by Gasteiger charge is -2.19. The summed E-state index contributed by atoms with van der Waals surface area (Å²) in [5.41, 5.74) is 3.83. The molecule has 4 aromatic rings. The molecule has 0 spiro atoms. The second kappa shape index (κ2) is 9.57. The van der Waals surface area contributed by atoms with E-state index in [0.29, 0.717) is 27.7 Å². The molecule has 0 atom stereocenters. The molecule has 2 amide bonds. The van der Waals surface area contributed by atoms with Gasteiger partial charge in [-0.05, 0) is 83.8 Å². The normalized spacial score (nSPS) is 11.2. The molecule has 172 valence electrons. The molecule has 0 unspecified atom stereocenters. The van der Waals surface area contributed by atoms with E-state index in [9.17, 15) is 9.59 Å². The van der Waals surface area contributed by atoms with Crippen LogP contribution in [0.2, 0.25) is 5.02 Å². The van der Waals surface area contributed by atoms with Crippen LogP contribution in [0.3, 0.4) is 0 Å². The molecule has 5 nitrogen and oxygen atoms in total. The molecule has 0 fully saturated rings. The topological polar surface area (TPSA) is 71.3 Å². The molecule has 3 aromatic carbocycles. The second-order valence-electron chi connectivity index (χ2n) is 8.98. The fourth-order valence-electron chi connectivity index (χ4n) is 3.38. The van der Waals surface area contributed by atoms with E-state index in [-0.39, 0.29) is 23.0 Å². The summed E-state index contributed by atoms with van der Waals surface area (Å²) >= 11 is 5.92. The Bertz CT molecular complexity index is 1300. The van der Waals surface area contributed by atoms with Gasteiger partial charge in [-0.1, -0.05) is 44.5 Å². The Balaban J connectivity index is 1.37. The van der Waals surface area contributed by atoms with Gasteiger partial charge in [-0.2, -0.15) is 0 Å². The average molecular weight is 473 g/mol. The van der Waals surface area contributed by atoms with E-state index in [1.807, 2.05) is 36.4 Å². The molecule has 34 heavy (non-hydrogen) atoms. The van der Waals surface area contributed by atoms with Crippen LogP contribution in [0.4, 0.5) is 11.4 Å². The Hall–Kier alpha value is -3.83. The molecule has 0 saturated carbocycles. The number of carbonyl (C=O) groups excluding carboxylic acids is 2. The first-order valence-corrected chi connectivity index (χ1v) is 11.3. The molecule has 0 aliphatic carbocycles. The van der Waals surface area contributed by atoms with Crippen molar-refractivity contribution in [2.24, 2.45) is 0 Å². The number of benzene rings is 3. The van der Waals surface area contributed by atoms with Crippen LogP contribution in [0, 0.1) is 0 Å². The molecule has 0 bridgehead atoms. The molecule has 4 rings (SSSR count). The van der Waals surface area contributed by atoms with Crippen molar-refractivity contribution in [3.63, 3.8) is 0 Å². The van der Waals surface area contributed by atoms with E-state index in [4.69, 9.17) is 16.0 Å². The summed E-state index contributed by atoms with van der Waals surface area (Å²) in [5, 5.41) is 6.30. The first-order valence-electron chi connectivity index (χ1n) is 10.9. The van der Waals surface area contributed by atoms with Gasteiger partial charge in [-0.3, -0.25) is 9.59 Å². The minimum absolute atomic E-state index is 0.0301. The van der Waals surface area contributed by atoms with E-state index >= 15 is 0 Å². The van der Waals surface area contributed by atoms with Crippen molar-refractivity contribution in [1.82, 2.24) is 0 Å². The quantitative estimate of drug-likeness (QED) is 0.318. The predicted octanol–water partition coefficient (Wildman–Crippen LogP) is 7.40. The standard InChI is InChI=1S/C28H25ClN2O3/c1-28(2,3)20-8-4-19(5-9-20)26(32)30-22-12-14-23(15-13-22)31-27(33)25-17-16-24(34-25)18-6-10-21(29)11-7-18/h4-17H,1-3H3,(H,30,32)(H,31,33). The van der Waals surface area contributed by atoms with Gasteiger partial charge in [0.15, 0.2) is 5.76 Å². The van der Waals surface area contributed by atoms with E-state index in [1.54, 1.807) is 48.5 Å². The van der Waals surface area contributed by atoms with Crippen molar-refractivity contribution in [2.75, 3.05) is 10.6 Å². The van der Waals surface area contributed by atoms with E-state index in [2.05, 4.69) is 31.4 Å². The third-order valence-electron chi connectivity index (χ3n) is 5.37. The summed E-state index contributed by atoms with van der Waals surface area (Å²) < 4.78 is 5.69. The highest BCUT2D eigenvalue weighted by molar-refractivity contribution is 6.30. The van der Waals surface area contributed by atoms with Crippen LogP contribution in [0.15, 0.2) is 89.3 Å². The summed E-state index contributed by atoms with van der Waals surface area (Å²) in [7, 11) is 0. The molecule has 2 N–H and O–H groups in total. The van der Waals surface area contributed by atoms with Gasteiger partial charge in [-0.25, -0.2) is 0 Å². The molecular formula is C28H25ClN2O3. The highest BCUT2D eigenvalue weighted by atomic mass is 35.5. The number of carbonyl (C=O) groups is 2. The number of hydrogen-bond donors (Lipinski definition) is 2. The van der Waals surface area contributed by atoms with Crippen molar-refractivity contribution in [2.45, 2.75) is 26.2 Å². The molecule has 0 aliphatic heterocycles. The van der Waals surface area contributed by atoms with E-state index < -0.39 is 0 Å². The molecule has 0 radical (unpaired) electrons. The fourth-order valence-corrected chi connectivity index (χ4v) is 3.51. The van der Waals surface area contributed by atoms with Crippen LogP contribution < -0.4 is 10.6 Å². The smallest absolute Gasteiger partial charge is 0.291 e. The van der Waals surface area contributed by atoms with Crippen molar-refractivity contribution >= 4 is 34.8 Å². The van der Waals surface area contributed by atoms with Crippen LogP contribution in [0.1, 0.15) is 47.2 Å². The lowest BCUT2D eigenvalue weighted by Crippen LogP contribution is -2.14. The number of rotatable bonds is 5. The van der Waals surface area contributed by atoms with Gasteiger partial charge in [0.1, 0.15) is 5.76 Å². The fraction of sp³-hybridized carbons (Fsp3) is 0.143. The Morgan fingerprint density at radius 2 is 1.26 bits per heavy atom. The summed E-state index contributed by atoms with van der Waals surface area (Å²) in [6, 6.07) is 25.1. The van der Waals surface area contributed by atoms with Gasteiger partial charge >= 0.3 is 0 Å². The van der Waals surface area contributed by atoms with E-state index in [1.165, 1.54) is 5.56 Å². The minimum atomic E-state index is -0.365. The van der Waals surface area contributed by atoms with Crippen LogP contribution >= 0.6 is 11.6 Å². The number of amides is 2. The zero-order valence-corrected chi connectivity index (χ0v) is 19.9. The molecule has 0 saturated heterocycles. The summed E-state index contributed by atoms with van der Waals surface area (Å²) in [6.07, 6.45) is 0. The highest BCUT2D eigenvalue weighted by Crippen LogP contribution is 2.25. The molecular weight excluding hydrogens is 448 g/mol. The minimum Gasteiger partial charge on any atom is -0.451 e. The number of hydrogen-bond acceptors (Lipinski definition) is 3. The number of nitrogens with one attached hydrogen (secondary N) is 2. The van der Waals surface area contributed by atoms with Gasteiger partial charge in [-0.15, -0.1) is 0 Å². The number of furan rings is 1. The van der Waals surface area contributed by atoms with Crippen LogP contribution in [0.25, 0.3) is 11.3 Å². The van der Waals surface area contributed by atoms with Gasteiger partial charge < -0.3 is 15.1 Å². The van der Waals surface area contributed by atoms with Crippen LogP contribution in [-0.4, -0.2) is 11.8 Å². The zero-order chi connectivity index (χ0) is 24.3. The third-order valence-corrected chi connectivity index (χ3v) is 5.62. The average Bonchev–Trinajstić information content (AvgIpc) is 3.31. The summed E-state index contributed by atoms with van der Waals surface area (Å²) in [4.78, 5) is 25.1. The van der Waals surface area contributed by atoms with Crippen LogP contribution in [0.5, 0.6) is 0 Å². The first-order chi connectivity index (χ1) is 16.2. The Kier molecular flexibility index (Phi) is 6.57. The maximum absolute atomic E-state index is 12.6. The Labute approximate surface area is 203 Å². The lowest BCUT2D eigenvalue weighted by molar-refractivity contribution is 0.0995. The maximum Gasteiger partial charge on any atom is 0.291 e. The number of anilines is 2. The van der Waals surface area contributed by atoms with Gasteiger partial charge in [0.25, 0.3) is 11.8 Å². The SMILES string of the molecule is CC(C)(C)c1ccc(C(=O)Nc2ccc(NC(=O)c3ccc(-c4ccc(Cl)cc4)o3)cc2)cc1. The summed E-state index contributed by atoms with van der Waals surface area (Å²) in [5.74, 6) is 0.218. The first kappa shape index (κ1) is 23.3. The Morgan fingerprint density at radius 3 is 1.82 bits per heavy atom. The largest absolute Gasteiger partial charge is 0.451 e. The van der Waals surface area contributed by atoms with Crippen molar-refractivity contribution in [3.8, 4) is 11.3 Å². The Morgan fingerprint density at radius 1 is 0.706 bits per heavy atom. The van der Waals surface area contributed by atoms with Gasteiger partial charge in [0, 0.05) is 27.5 Å². The highest BCUT2D eigenvalue weighted by Gasteiger charge is 2.15. The van der Waals surface area contributed by atoms with Crippen molar-refractivity contribution in [1.29, 1.82) is 0 Å². The zero-order valence-electron chi connectivity index (χ0n) is 19.2. The predicted molar refractivity (Wildman–Crippen MR) is 137 cm³/mol. The maximum atomic E-state index is 12.6. The lowest BCUT2D eigenvalue weighted by atomic mass is 9.87. The van der Waals surface area contributed by atoms with Crippen molar-refractivity contribution in [3.05, 3.63) is 107 Å². The third kappa shape index (κ3) is 5.56. The monoisotopic (exact) mass is 472 g/mol. The van der Waals surface area contributed by atoms with Crippen molar-refractivity contribution < 1.29 is 14.0 Å². The molecule has 0 aliphatic rings. The molecule has 6 heteroatoms. The van der Waals surface area contributed by atoms with Gasteiger partial charge in [0.2, 0.25) is 0 Å². The number of halogens is 1. The van der Waals surface area contributed by atoms with E-state index in [0.717, 1.165) is 5.56 Å². The van der Waals surface area contributed by atoms with Gasteiger partial charge in [0.05, 0.1) is 0 Å². The molecule has 1 aromatic heterocycles.